The molecule has 2 aliphatic rings. The fourth-order valence-electron chi connectivity index (χ4n) is 4.38. The summed E-state index contributed by atoms with van der Waals surface area (Å²) in [6.45, 7) is 5.10. The Morgan fingerprint density at radius 1 is 1.19 bits per heavy atom. The third-order valence-electron chi connectivity index (χ3n) is 5.86. The van der Waals surface area contributed by atoms with Gasteiger partial charge in [0.15, 0.2) is 6.23 Å². The number of hydrogen-bond acceptors (Lipinski definition) is 4. The van der Waals surface area contributed by atoms with E-state index in [0.29, 0.717) is 0 Å². The fraction of sp³-hybridized carbons (Fsp3) is 0.429. The number of fused-ring (bicyclic) bond motifs is 2. The van der Waals surface area contributed by atoms with Crippen LogP contribution in [0.4, 0.5) is 5.69 Å². The van der Waals surface area contributed by atoms with Crippen LogP contribution in [0.5, 0.6) is 5.75 Å². The number of para-hydroxylation sites is 1. The molecule has 1 saturated heterocycles. The zero-order valence-corrected chi connectivity index (χ0v) is 15.2. The number of nitrogens with zero attached hydrogens (tertiary/aromatic N) is 2. The molecule has 26 heavy (non-hydrogen) atoms. The quantitative estimate of drug-likeness (QED) is 0.610. The highest BCUT2D eigenvalue weighted by Crippen LogP contribution is 2.46. The summed E-state index contributed by atoms with van der Waals surface area (Å²) >= 11 is 0. The van der Waals surface area contributed by atoms with E-state index >= 15 is 0 Å². The Balaban J connectivity index is 1.74. The van der Waals surface area contributed by atoms with Crippen molar-refractivity contribution in [1.29, 1.82) is 0 Å². The highest BCUT2D eigenvalue weighted by atomic mass is 16.6. The summed E-state index contributed by atoms with van der Waals surface area (Å²) < 4.78 is 6.39. The molecule has 5 nitrogen and oxygen atoms in total. The molecule has 4 rings (SSSR count). The summed E-state index contributed by atoms with van der Waals surface area (Å²) in [6.07, 6.45) is 1.83. The second kappa shape index (κ2) is 6.63. The number of rotatable bonds is 3. The van der Waals surface area contributed by atoms with Crippen LogP contribution in [0.25, 0.3) is 0 Å². The minimum absolute atomic E-state index is 0.0394. The molecule has 1 fully saturated rings. The molecule has 2 aliphatic heterocycles. The lowest BCUT2D eigenvalue weighted by atomic mass is 9.77. The molecule has 0 amide bonds. The van der Waals surface area contributed by atoms with Crippen LogP contribution in [0.2, 0.25) is 0 Å². The molecule has 0 spiro atoms. The van der Waals surface area contributed by atoms with Crippen LogP contribution >= 0.6 is 0 Å². The fourth-order valence-corrected chi connectivity index (χ4v) is 4.38. The molecule has 2 heterocycles. The van der Waals surface area contributed by atoms with Crippen molar-refractivity contribution in [2.24, 2.45) is 5.92 Å². The summed E-state index contributed by atoms with van der Waals surface area (Å²) in [5.74, 6) is 0.816. The SMILES string of the molecule is Cc1ccc(N2CCCC3C(C[N+](=O)[O-])c4ccccc4OC32)cc1C. The normalized spacial score (nSPS) is 24.4. The van der Waals surface area contributed by atoms with E-state index in [9.17, 15) is 10.1 Å². The van der Waals surface area contributed by atoms with Crippen LogP contribution in [-0.2, 0) is 0 Å². The summed E-state index contributed by atoms with van der Waals surface area (Å²) in [5.41, 5.74) is 4.64. The zero-order chi connectivity index (χ0) is 18.3. The lowest BCUT2D eigenvalue weighted by Gasteiger charge is -2.47. The Morgan fingerprint density at radius 3 is 2.77 bits per heavy atom. The van der Waals surface area contributed by atoms with Crippen molar-refractivity contribution in [2.75, 3.05) is 18.0 Å². The number of ether oxygens (including phenoxy) is 1. The van der Waals surface area contributed by atoms with Crippen molar-refractivity contribution in [3.8, 4) is 5.75 Å². The van der Waals surface area contributed by atoms with Gasteiger partial charge >= 0.3 is 0 Å². The molecule has 0 N–H and O–H groups in total. The Hall–Kier alpha value is -2.56. The van der Waals surface area contributed by atoms with Gasteiger partial charge in [-0.3, -0.25) is 10.1 Å². The summed E-state index contributed by atoms with van der Waals surface area (Å²) in [5, 5.41) is 11.3. The molecule has 0 aliphatic carbocycles. The van der Waals surface area contributed by atoms with Gasteiger partial charge in [0.1, 0.15) is 5.75 Å². The number of hydrogen-bond donors (Lipinski definition) is 0. The van der Waals surface area contributed by atoms with E-state index in [2.05, 4.69) is 36.9 Å². The van der Waals surface area contributed by atoms with Crippen LogP contribution in [-0.4, -0.2) is 24.2 Å². The first kappa shape index (κ1) is 16.9. The molecule has 0 bridgehead atoms. The Labute approximate surface area is 153 Å². The first-order valence-corrected chi connectivity index (χ1v) is 9.26. The summed E-state index contributed by atoms with van der Waals surface area (Å²) in [4.78, 5) is 13.4. The van der Waals surface area contributed by atoms with Gasteiger partial charge in [-0.25, -0.2) is 0 Å². The molecule has 2 aromatic rings. The predicted molar refractivity (Wildman–Crippen MR) is 101 cm³/mol. The highest BCUT2D eigenvalue weighted by Gasteiger charge is 2.45. The number of benzene rings is 2. The predicted octanol–water partition coefficient (Wildman–Crippen LogP) is 4.30. The maximum absolute atomic E-state index is 11.3. The number of nitro groups is 1. The van der Waals surface area contributed by atoms with Crippen molar-refractivity contribution in [1.82, 2.24) is 0 Å². The number of aryl methyl sites for hydroxylation is 2. The van der Waals surface area contributed by atoms with Crippen molar-refractivity contribution in [3.05, 3.63) is 69.3 Å². The third-order valence-corrected chi connectivity index (χ3v) is 5.86. The lowest BCUT2D eigenvalue weighted by Crippen LogP contribution is -2.53. The van der Waals surface area contributed by atoms with E-state index in [0.717, 1.165) is 36.4 Å². The van der Waals surface area contributed by atoms with Gasteiger partial charge in [0, 0.05) is 28.6 Å². The van der Waals surface area contributed by atoms with Gasteiger partial charge in [0.2, 0.25) is 6.54 Å². The van der Waals surface area contributed by atoms with Crippen molar-refractivity contribution in [2.45, 2.75) is 38.8 Å². The molecule has 0 radical (unpaired) electrons. The van der Waals surface area contributed by atoms with Crippen LogP contribution in [0.3, 0.4) is 0 Å². The first-order chi connectivity index (χ1) is 12.5. The van der Waals surface area contributed by atoms with E-state index in [1.165, 1.54) is 11.1 Å². The standard InChI is InChI=1S/C21H24N2O3/c1-14-9-10-16(12-15(14)2)22-11-5-7-18-19(13-23(24)25)17-6-3-4-8-20(17)26-21(18)22/h3-4,6,8-10,12,18-19,21H,5,7,11,13H2,1-2H3. The van der Waals surface area contributed by atoms with E-state index < -0.39 is 0 Å². The molecule has 136 valence electrons. The van der Waals surface area contributed by atoms with E-state index in [1.54, 1.807) is 0 Å². The Morgan fingerprint density at radius 2 is 2.00 bits per heavy atom. The van der Waals surface area contributed by atoms with Gasteiger partial charge in [-0.05, 0) is 56.0 Å². The molecule has 3 atom stereocenters. The Bertz CT molecular complexity index is 836. The van der Waals surface area contributed by atoms with Gasteiger partial charge < -0.3 is 9.64 Å². The van der Waals surface area contributed by atoms with Crippen molar-refractivity contribution in [3.63, 3.8) is 0 Å². The topological polar surface area (TPSA) is 55.6 Å². The monoisotopic (exact) mass is 352 g/mol. The van der Waals surface area contributed by atoms with E-state index in [1.807, 2.05) is 24.3 Å². The maximum atomic E-state index is 11.3. The average Bonchev–Trinajstić information content (AvgIpc) is 2.63. The second-order valence-electron chi connectivity index (χ2n) is 7.44. The summed E-state index contributed by atoms with van der Waals surface area (Å²) in [7, 11) is 0. The molecule has 3 unspecified atom stereocenters. The van der Waals surface area contributed by atoms with Gasteiger partial charge in [-0.15, -0.1) is 0 Å². The maximum Gasteiger partial charge on any atom is 0.211 e. The first-order valence-electron chi connectivity index (χ1n) is 9.26. The second-order valence-corrected chi connectivity index (χ2v) is 7.44. The van der Waals surface area contributed by atoms with Crippen molar-refractivity contribution >= 4 is 5.69 Å². The van der Waals surface area contributed by atoms with E-state index in [4.69, 9.17) is 4.74 Å². The van der Waals surface area contributed by atoms with Gasteiger partial charge in [-0.1, -0.05) is 24.3 Å². The number of piperidine rings is 1. The molecular weight excluding hydrogens is 328 g/mol. The lowest BCUT2D eigenvalue weighted by molar-refractivity contribution is -0.485. The minimum atomic E-state index is -0.182. The average molecular weight is 352 g/mol. The largest absolute Gasteiger partial charge is 0.470 e. The van der Waals surface area contributed by atoms with Crippen LogP contribution in [0, 0.1) is 29.9 Å². The van der Waals surface area contributed by atoms with Gasteiger partial charge in [-0.2, -0.15) is 0 Å². The van der Waals surface area contributed by atoms with Crippen molar-refractivity contribution < 1.29 is 9.66 Å². The zero-order valence-electron chi connectivity index (χ0n) is 15.2. The minimum Gasteiger partial charge on any atom is -0.470 e. The molecule has 5 heteroatoms. The summed E-state index contributed by atoms with van der Waals surface area (Å²) in [6, 6.07) is 14.3. The molecule has 2 aromatic carbocycles. The number of anilines is 1. The third kappa shape index (κ3) is 2.91. The van der Waals surface area contributed by atoms with Gasteiger partial charge in [0.05, 0.1) is 5.92 Å². The highest BCUT2D eigenvalue weighted by molar-refractivity contribution is 5.53. The Kier molecular flexibility index (Phi) is 4.31. The van der Waals surface area contributed by atoms with Crippen LogP contribution in [0.15, 0.2) is 42.5 Å². The molecule has 0 aromatic heterocycles. The van der Waals surface area contributed by atoms with E-state index in [-0.39, 0.29) is 29.5 Å². The molecule has 0 saturated carbocycles. The van der Waals surface area contributed by atoms with Crippen LogP contribution < -0.4 is 9.64 Å². The van der Waals surface area contributed by atoms with Gasteiger partial charge in [0.25, 0.3) is 0 Å². The smallest absolute Gasteiger partial charge is 0.211 e. The molecular formula is C21H24N2O3. The van der Waals surface area contributed by atoms with Crippen LogP contribution in [0.1, 0.15) is 35.4 Å².